The molecule has 0 heterocycles. The number of benzene rings is 1. The van der Waals surface area contributed by atoms with Crippen LogP contribution in [0.5, 0.6) is 5.75 Å². The van der Waals surface area contributed by atoms with Crippen LogP contribution < -0.4 is 10.1 Å². The summed E-state index contributed by atoms with van der Waals surface area (Å²) in [6.45, 7) is 5.57. The molecule has 0 aliphatic heterocycles. The van der Waals surface area contributed by atoms with Gasteiger partial charge >= 0.3 is 0 Å². The van der Waals surface area contributed by atoms with E-state index in [2.05, 4.69) is 36.5 Å². The molecule has 1 fully saturated rings. The van der Waals surface area contributed by atoms with Crippen LogP contribution in [-0.2, 0) is 4.74 Å². The number of ether oxygens (including phenoxy) is 2. The third-order valence-electron chi connectivity index (χ3n) is 4.22. The largest absolute Gasteiger partial charge is 0.494 e. The normalized spacial score (nSPS) is 18.9. The Kier molecular flexibility index (Phi) is 5.44. The van der Waals surface area contributed by atoms with Gasteiger partial charge in [-0.15, -0.1) is 0 Å². The number of hydrogen-bond donors (Lipinski definition) is 1. The van der Waals surface area contributed by atoms with Gasteiger partial charge in [0.2, 0.25) is 0 Å². The van der Waals surface area contributed by atoms with Gasteiger partial charge in [0.25, 0.3) is 0 Å². The van der Waals surface area contributed by atoms with Crippen LogP contribution >= 0.6 is 0 Å². The third-order valence-corrected chi connectivity index (χ3v) is 4.22. The van der Waals surface area contributed by atoms with Crippen molar-refractivity contribution >= 4 is 0 Å². The molecule has 0 bridgehead atoms. The minimum absolute atomic E-state index is 0.0450. The molecule has 1 atom stereocenters. The summed E-state index contributed by atoms with van der Waals surface area (Å²) in [4.78, 5) is 0. The molecule has 1 aromatic carbocycles. The van der Waals surface area contributed by atoms with Crippen LogP contribution in [0.4, 0.5) is 0 Å². The number of rotatable bonds is 7. The maximum absolute atomic E-state index is 6.18. The van der Waals surface area contributed by atoms with E-state index in [-0.39, 0.29) is 11.6 Å². The summed E-state index contributed by atoms with van der Waals surface area (Å²) < 4.78 is 11.7. The first-order valence-corrected chi connectivity index (χ1v) is 7.79. The summed E-state index contributed by atoms with van der Waals surface area (Å²) in [5.41, 5.74) is 1.24. The van der Waals surface area contributed by atoms with Gasteiger partial charge in [-0.1, -0.05) is 25.0 Å². The Morgan fingerprint density at radius 1 is 1.10 bits per heavy atom. The quantitative estimate of drug-likeness (QED) is 0.824. The molecule has 20 heavy (non-hydrogen) atoms. The lowest BCUT2D eigenvalue weighted by Gasteiger charge is -2.37. The average Bonchev–Trinajstić information content (AvgIpc) is 2.92. The molecule has 112 valence electrons. The van der Waals surface area contributed by atoms with Crippen molar-refractivity contribution in [1.82, 2.24) is 5.32 Å². The molecule has 1 aliphatic rings. The Balaban J connectivity index is 2.21. The second-order valence-corrected chi connectivity index (χ2v) is 5.43. The highest BCUT2D eigenvalue weighted by molar-refractivity contribution is 5.31. The fourth-order valence-corrected chi connectivity index (χ4v) is 3.43. The summed E-state index contributed by atoms with van der Waals surface area (Å²) in [7, 11) is 2.03. The molecule has 1 aromatic rings. The molecule has 1 saturated carbocycles. The van der Waals surface area contributed by atoms with Crippen LogP contribution in [0, 0.1) is 0 Å². The Bertz CT molecular complexity index is 396. The molecule has 3 heteroatoms. The van der Waals surface area contributed by atoms with Gasteiger partial charge in [-0.2, -0.15) is 0 Å². The standard InChI is InChI=1S/C17H27NO2/c1-4-19-15-10-8-14(9-11-15)16(18-3)17(20-5-2)12-6-7-13-17/h8-11,16,18H,4-7,12-13H2,1-3H3. The van der Waals surface area contributed by atoms with Crippen LogP contribution in [-0.4, -0.2) is 25.9 Å². The van der Waals surface area contributed by atoms with Crippen LogP contribution in [0.25, 0.3) is 0 Å². The average molecular weight is 277 g/mol. The van der Waals surface area contributed by atoms with E-state index >= 15 is 0 Å². The van der Waals surface area contributed by atoms with Gasteiger partial charge in [0.1, 0.15) is 5.75 Å². The molecular formula is C17H27NO2. The van der Waals surface area contributed by atoms with Crippen molar-refractivity contribution in [2.75, 3.05) is 20.3 Å². The lowest BCUT2D eigenvalue weighted by molar-refractivity contribution is -0.0610. The van der Waals surface area contributed by atoms with Crippen LogP contribution in [0.3, 0.4) is 0 Å². The first-order chi connectivity index (χ1) is 9.75. The number of nitrogens with one attached hydrogen (secondary N) is 1. The third kappa shape index (κ3) is 3.15. The van der Waals surface area contributed by atoms with Gasteiger partial charge in [0, 0.05) is 6.61 Å². The maximum atomic E-state index is 6.18. The molecule has 0 aromatic heterocycles. The summed E-state index contributed by atoms with van der Waals surface area (Å²) in [6, 6.07) is 8.67. The predicted molar refractivity (Wildman–Crippen MR) is 82.2 cm³/mol. The number of hydrogen-bond acceptors (Lipinski definition) is 3. The predicted octanol–water partition coefficient (Wildman–Crippen LogP) is 3.70. The van der Waals surface area contributed by atoms with E-state index in [9.17, 15) is 0 Å². The minimum atomic E-state index is -0.0450. The second-order valence-electron chi connectivity index (χ2n) is 5.43. The van der Waals surface area contributed by atoms with E-state index in [1.54, 1.807) is 0 Å². The molecule has 1 aliphatic carbocycles. The van der Waals surface area contributed by atoms with E-state index in [0.29, 0.717) is 6.61 Å². The molecule has 3 nitrogen and oxygen atoms in total. The van der Waals surface area contributed by atoms with Gasteiger partial charge in [-0.05, 0) is 51.4 Å². The first-order valence-electron chi connectivity index (χ1n) is 7.79. The lowest BCUT2D eigenvalue weighted by Crippen LogP contribution is -2.43. The highest BCUT2D eigenvalue weighted by Gasteiger charge is 2.42. The first kappa shape index (κ1) is 15.3. The Morgan fingerprint density at radius 2 is 1.75 bits per heavy atom. The Morgan fingerprint density at radius 3 is 2.25 bits per heavy atom. The smallest absolute Gasteiger partial charge is 0.119 e. The van der Waals surface area contributed by atoms with Gasteiger partial charge < -0.3 is 14.8 Å². The molecule has 0 saturated heterocycles. The van der Waals surface area contributed by atoms with Crippen molar-refractivity contribution in [2.24, 2.45) is 0 Å². The van der Waals surface area contributed by atoms with Crippen LogP contribution in [0.2, 0.25) is 0 Å². The maximum Gasteiger partial charge on any atom is 0.119 e. The van der Waals surface area contributed by atoms with E-state index in [1.807, 2.05) is 14.0 Å². The molecule has 0 spiro atoms. The SMILES string of the molecule is CCOc1ccc(C(NC)C2(OCC)CCCC2)cc1. The minimum Gasteiger partial charge on any atom is -0.494 e. The van der Waals surface area contributed by atoms with Gasteiger partial charge in [0.05, 0.1) is 18.2 Å². The zero-order chi connectivity index (χ0) is 14.4. The van der Waals surface area contributed by atoms with Gasteiger partial charge in [-0.3, -0.25) is 0 Å². The number of likely N-dealkylation sites (N-methyl/N-ethyl adjacent to an activating group) is 1. The Labute approximate surface area is 122 Å². The van der Waals surface area contributed by atoms with Crippen molar-refractivity contribution in [3.8, 4) is 5.75 Å². The van der Waals surface area contributed by atoms with E-state index in [0.717, 1.165) is 25.2 Å². The summed E-state index contributed by atoms with van der Waals surface area (Å²) in [5.74, 6) is 0.933. The highest BCUT2D eigenvalue weighted by Crippen LogP contribution is 2.43. The van der Waals surface area contributed by atoms with Crippen molar-refractivity contribution in [3.05, 3.63) is 29.8 Å². The van der Waals surface area contributed by atoms with E-state index in [4.69, 9.17) is 9.47 Å². The summed E-state index contributed by atoms with van der Waals surface area (Å²) in [5, 5.41) is 3.47. The molecule has 1 unspecified atom stereocenters. The second kappa shape index (κ2) is 7.09. The lowest BCUT2D eigenvalue weighted by atomic mass is 9.86. The monoisotopic (exact) mass is 277 g/mol. The fourth-order valence-electron chi connectivity index (χ4n) is 3.43. The van der Waals surface area contributed by atoms with Crippen LogP contribution in [0.1, 0.15) is 51.1 Å². The molecule has 0 radical (unpaired) electrons. The van der Waals surface area contributed by atoms with Crippen molar-refractivity contribution in [3.63, 3.8) is 0 Å². The fraction of sp³-hybridized carbons (Fsp3) is 0.647. The van der Waals surface area contributed by atoms with Crippen molar-refractivity contribution < 1.29 is 9.47 Å². The zero-order valence-electron chi connectivity index (χ0n) is 12.9. The molecule has 1 N–H and O–H groups in total. The Hall–Kier alpha value is -1.06. The highest BCUT2D eigenvalue weighted by atomic mass is 16.5. The summed E-state index contributed by atoms with van der Waals surface area (Å²) >= 11 is 0. The molecule has 2 rings (SSSR count). The van der Waals surface area contributed by atoms with Gasteiger partial charge in [0.15, 0.2) is 0 Å². The van der Waals surface area contributed by atoms with E-state index in [1.165, 1.54) is 18.4 Å². The summed E-state index contributed by atoms with van der Waals surface area (Å²) in [6.07, 6.45) is 4.80. The molecule has 0 amide bonds. The topological polar surface area (TPSA) is 30.5 Å². The van der Waals surface area contributed by atoms with Crippen molar-refractivity contribution in [2.45, 2.75) is 51.2 Å². The van der Waals surface area contributed by atoms with Crippen LogP contribution in [0.15, 0.2) is 24.3 Å². The van der Waals surface area contributed by atoms with Gasteiger partial charge in [-0.25, -0.2) is 0 Å². The van der Waals surface area contributed by atoms with Crippen molar-refractivity contribution in [1.29, 1.82) is 0 Å². The molecular weight excluding hydrogens is 250 g/mol. The van der Waals surface area contributed by atoms with E-state index < -0.39 is 0 Å². The zero-order valence-corrected chi connectivity index (χ0v) is 12.9.